The Bertz CT molecular complexity index is 440. The van der Waals surface area contributed by atoms with Crippen LogP contribution in [0, 0.1) is 0 Å². The van der Waals surface area contributed by atoms with E-state index in [1.54, 1.807) is 0 Å². The molecule has 0 radical (unpaired) electrons. The molecular weight excluding hydrogens is 332 g/mol. The molecule has 112 valence electrons. The number of halogens is 1. The van der Waals surface area contributed by atoms with Gasteiger partial charge in [0.2, 0.25) is 0 Å². The fourth-order valence-corrected chi connectivity index (χ4v) is 4.58. The van der Waals surface area contributed by atoms with E-state index in [9.17, 15) is 0 Å². The summed E-state index contributed by atoms with van der Waals surface area (Å²) in [4.78, 5) is 2.61. The molecule has 2 rings (SSSR count). The first kappa shape index (κ1) is 16.3. The van der Waals surface area contributed by atoms with Crippen LogP contribution >= 0.6 is 27.7 Å². The van der Waals surface area contributed by atoms with Crippen LogP contribution in [-0.4, -0.2) is 34.5 Å². The molecule has 1 aliphatic heterocycles. The van der Waals surface area contributed by atoms with Gasteiger partial charge < -0.3 is 5.73 Å². The third kappa shape index (κ3) is 3.41. The van der Waals surface area contributed by atoms with Gasteiger partial charge in [0, 0.05) is 34.1 Å². The van der Waals surface area contributed by atoms with E-state index < -0.39 is 0 Å². The molecule has 1 aromatic rings. The van der Waals surface area contributed by atoms with E-state index in [1.165, 1.54) is 15.8 Å². The van der Waals surface area contributed by atoms with Crippen molar-refractivity contribution in [3.8, 4) is 0 Å². The second-order valence-corrected chi connectivity index (χ2v) is 7.93. The summed E-state index contributed by atoms with van der Waals surface area (Å²) in [7, 11) is 0. The Kier molecular flexibility index (Phi) is 5.96. The van der Waals surface area contributed by atoms with Crippen LogP contribution in [0.25, 0.3) is 0 Å². The standard InChI is InChI=1S/C16H25BrN2S/c1-4-15(18)16(13-7-5-6-8-14(13)17)19-9-10-20-12(3)11(19)2/h5-8,11-12,15-16H,4,9-10,18H2,1-3H3. The van der Waals surface area contributed by atoms with E-state index >= 15 is 0 Å². The molecule has 1 heterocycles. The van der Waals surface area contributed by atoms with Crippen LogP contribution in [0.15, 0.2) is 28.7 Å². The van der Waals surface area contributed by atoms with E-state index in [2.05, 4.69) is 77.6 Å². The maximum Gasteiger partial charge on any atom is 0.0513 e. The summed E-state index contributed by atoms with van der Waals surface area (Å²) in [6.45, 7) is 7.97. The first-order valence-electron chi connectivity index (χ1n) is 7.43. The normalized spacial score (nSPS) is 27.2. The zero-order chi connectivity index (χ0) is 14.7. The minimum absolute atomic E-state index is 0.173. The van der Waals surface area contributed by atoms with Gasteiger partial charge in [0.05, 0.1) is 6.04 Å². The summed E-state index contributed by atoms with van der Waals surface area (Å²) in [5, 5.41) is 0.665. The highest BCUT2D eigenvalue weighted by atomic mass is 79.9. The first-order valence-corrected chi connectivity index (χ1v) is 9.27. The molecule has 2 nitrogen and oxygen atoms in total. The van der Waals surface area contributed by atoms with Crippen LogP contribution in [0.3, 0.4) is 0 Å². The lowest BCUT2D eigenvalue weighted by Gasteiger charge is -2.45. The lowest BCUT2D eigenvalue weighted by atomic mass is 9.94. The van der Waals surface area contributed by atoms with Crippen molar-refractivity contribution in [2.45, 2.75) is 50.6 Å². The highest BCUT2D eigenvalue weighted by molar-refractivity contribution is 9.10. The molecule has 20 heavy (non-hydrogen) atoms. The summed E-state index contributed by atoms with van der Waals surface area (Å²) >= 11 is 5.78. The van der Waals surface area contributed by atoms with E-state index in [0.717, 1.165) is 13.0 Å². The van der Waals surface area contributed by atoms with Crippen molar-refractivity contribution in [1.29, 1.82) is 0 Å². The minimum atomic E-state index is 0.173. The number of thioether (sulfide) groups is 1. The number of nitrogens with two attached hydrogens (primary N) is 1. The molecule has 1 aliphatic rings. The van der Waals surface area contributed by atoms with Gasteiger partial charge in [0.15, 0.2) is 0 Å². The molecular formula is C16H25BrN2S. The van der Waals surface area contributed by atoms with Crippen molar-refractivity contribution in [3.63, 3.8) is 0 Å². The van der Waals surface area contributed by atoms with Crippen LogP contribution in [0.5, 0.6) is 0 Å². The molecule has 2 N–H and O–H groups in total. The fourth-order valence-electron chi connectivity index (χ4n) is 2.94. The molecule has 4 heteroatoms. The Morgan fingerprint density at radius 1 is 1.40 bits per heavy atom. The lowest BCUT2D eigenvalue weighted by Crippen LogP contribution is -2.51. The number of hydrogen-bond donors (Lipinski definition) is 1. The summed E-state index contributed by atoms with van der Waals surface area (Å²) < 4.78 is 1.17. The van der Waals surface area contributed by atoms with Crippen LogP contribution in [-0.2, 0) is 0 Å². The molecule has 0 aliphatic carbocycles. The van der Waals surface area contributed by atoms with Gasteiger partial charge in [-0.05, 0) is 25.0 Å². The van der Waals surface area contributed by atoms with Crippen molar-refractivity contribution in [2.75, 3.05) is 12.3 Å². The van der Waals surface area contributed by atoms with Gasteiger partial charge in [0.25, 0.3) is 0 Å². The summed E-state index contributed by atoms with van der Waals surface area (Å²) in [6.07, 6.45) is 0.997. The van der Waals surface area contributed by atoms with E-state index in [4.69, 9.17) is 5.73 Å². The SMILES string of the molecule is CCC(N)C(c1ccccc1Br)N1CCSC(C)C1C. The molecule has 1 aromatic carbocycles. The summed E-state index contributed by atoms with van der Waals surface area (Å²) in [5.41, 5.74) is 7.81. The Morgan fingerprint density at radius 2 is 2.10 bits per heavy atom. The van der Waals surface area contributed by atoms with E-state index in [1.807, 2.05) is 0 Å². The van der Waals surface area contributed by atoms with Crippen molar-refractivity contribution >= 4 is 27.7 Å². The largest absolute Gasteiger partial charge is 0.326 e. The van der Waals surface area contributed by atoms with Crippen molar-refractivity contribution in [1.82, 2.24) is 4.90 Å². The highest BCUT2D eigenvalue weighted by Gasteiger charge is 2.34. The lowest BCUT2D eigenvalue weighted by molar-refractivity contribution is 0.124. The average Bonchev–Trinajstić information content (AvgIpc) is 2.45. The molecule has 0 aromatic heterocycles. The van der Waals surface area contributed by atoms with Gasteiger partial charge in [0.1, 0.15) is 0 Å². The van der Waals surface area contributed by atoms with Gasteiger partial charge in [-0.25, -0.2) is 0 Å². The maximum absolute atomic E-state index is 6.49. The minimum Gasteiger partial charge on any atom is -0.326 e. The zero-order valence-electron chi connectivity index (χ0n) is 12.6. The van der Waals surface area contributed by atoms with Gasteiger partial charge >= 0.3 is 0 Å². The Morgan fingerprint density at radius 3 is 2.75 bits per heavy atom. The van der Waals surface area contributed by atoms with Crippen molar-refractivity contribution < 1.29 is 0 Å². The van der Waals surface area contributed by atoms with Gasteiger partial charge in [-0.1, -0.05) is 48.0 Å². The Hall–Kier alpha value is -0.0300. The van der Waals surface area contributed by atoms with Crippen molar-refractivity contribution in [3.05, 3.63) is 34.3 Å². The predicted molar refractivity (Wildman–Crippen MR) is 93.2 cm³/mol. The summed E-state index contributed by atoms with van der Waals surface area (Å²) in [5.74, 6) is 1.20. The predicted octanol–water partition coefficient (Wildman–Crippen LogP) is 4.05. The molecule has 1 fully saturated rings. The van der Waals surface area contributed by atoms with Crippen LogP contribution in [0.2, 0.25) is 0 Å². The van der Waals surface area contributed by atoms with Gasteiger partial charge in [-0.15, -0.1) is 0 Å². The zero-order valence-corrected chi connectivity index (χ0v) is 15.0. The molecule has 0 amide bonds. The van der Waals surface area contributed by atoms with Crippen molar-refractivity contribution in [2.24, 2.45) is 5.73 Å². The number of hydrogen-bond acceptors (Lipinski definition) is 3. The molecule has 1 saturated heterocycles. The Labute approximate surface area is 135 Å². The van der Waals surface area contributed by atoms with Gasteiger partial charge in [-0.2, -0.15) is 11.8 Å². The van der Waals surface area contributed by atoms with Gasteiger partial charge in [-0.3, -0.25) is 4.90 Å². The smallest absolute Gasteiger partial charge is 0.0513 e. The second-order valence-electron chi connectivity index (χ2n) is 5.59. The van der Waals surface area contributed by atoms with E-state index in [0.29, 0.717) is 17.3 Å². The topological polar surface area (TPSA) is 29.3 Å². The maximum atomic E-state index is 6.49. The molecule has 4 unspecified atom stereocenters. The van der Waals surface area contributed by atoms with E-state index in [-0.39, 0.29) is 6.04 Å². The average molecular weight is 357 g/mol. The molecule has 0 bridgehead atoms. The number of benzene rings is 1. The highest BCUT2D eigenvalue weighted by Crippen LogP contribution is 2.36. The fraction of sp³-hybridized carbons (Fsp3) is 0.625. The summed E-state index contributed by atoms with van der Waals surface area (Å²) in [6, 6.07) is 9.55. The molecule has 0 saturated carbocycles. The first-order chi connectivity index (χ1) is 9.56. The Balaban J connectivity index is 2.35. The monoisotopic (exact) mass is 356 g/mol. The van der Waals surface area contributed by atoms with Crippen LogP contribution in [0.1, 0.15) is 38.8 Å². The number of nitrogens with zero attached hydrogens (tertiary/aromatic N) is 1. The number of rotatable bonds is 4. The third-order valence-electron chi connectivity index (χ3n) is 4.39. The third-order valence-corrected chi connectivity index (χ3v) is 6.45. The van der Waals surface area contributed by atoms with Crippen LogP contribution < -0.4 is 5.73 Å². The quantitative estimate of drug-likeness (QED) is 0.881. The molecule has 0 spiro atoms. The second kappa shape index (κ2) is 7.30. The van der Waals surface area contributed by atoms with Crippen LogP contribution in [0.4, 0.5) is 0 Å². The molecule has 4 atom stereocenters.